The van der Waals surface area contributed by atoms with Crippen molar-refractivity contribution in [3.63, 3.8) is 0 Å². The van der Waals surface area contributed by atoms with Crippen molar-refractivity contribution in [1.82, 2.24) is 0 Å². The second-order valence-electron chi connectivity index (χ2n) is 4.42. The number of thiophene rings is 1. The average molecular weight is 278 g/mol. The van der Waals surface area contributed by atoms with E-state index in [1.807, 2.05) is 37.4 Å². The highest BCUT2D eigenvalue weighted by atomic mass is 32.1. The van der Waals surface area contributed by atoms with E-state index in [9.17, 15) is 5.11 Å². The van der Waals surface area contributed by atoms with Crippen LogP contribution in [0.3, 0.4) is 0 Å². The SMILES string of the molecule is COc1csc(C(O)c2ccc(C)c(C)c2OC)c1. The van der Waals surface area contributed by atoms with Crippen molar-refractivity contribution in [1.29, 1.82) is 0 Å². The third kappa shape index (κ3) is 2.60. The van der Waals surface area contributed by atoms with Gasteiger partial charge in [-0.1, -0.05) is 12.1 Å². The highest BCUT2D eigenvalue weighted by molar-refractivity contribution is 7.10. The molecule has 1 aromatic heterocycles. The fraction of sp³-hybridized carbons (Fsp3) is 0.333. The maximum Gasteiger partial charge on any atom is 0.129 e. The third-order valence-electron chi connectivity index (χ3n) is 3.31. The van der Waals surface area contributed by atoms with Gasteiger partial charge in [0.15, 0.2) is 0 Å². The van der Waals surface area contributed by atoms with Crippen molar-refractivity contribution >= 4 is 11.3 Å². The quantitative estimate of drug-likeness (QED) is 0.930. The van der Waals surface area contributed by atoms with Crippen LogP contribution in [0.4, 0.5) is 0 Å². The summed E-state index contributed by atoms with van der Waals surface area (Å²) in [7, 11) is 3.25. The van der Waals surface area contributed by atoms with Crippen LogP contribution in [0.5, 0.6) is 11.5 Å². The first-order valence-electron chi connectivity index (χ1n) is 6.03. The van der Waals surface area contributed by atoms with Crippen molar-refractivity contribution < 1.29 is 14.6 Å². The summed E-state index contributed by atoms with van der Waals surface area (Å²) < 4.78 is 10.6. The lowest BCUT2D eigenvalue weighted by atomic mass is 10.00. The van der Waals surface area contributed by atoms with Gasteiger partial charge in [0.1, 0.15) is 17.6 Å². The predicted octanol–water partition coefficient (Wildman–Crippen LogP) is 3.46. The van der Waals surface area contributed by atoms with Gasteiger partial charge in [-0.25, -0.2) is 0 Å². The number of aliphatic hydroxyl groups excluding tert-OH is 1. The first kappa shape index (κ1) is 13.9. The third-order valence-corrected chi connectivity index (χ3v) is 4.27. The van der Waals surface area contributed by atoms with E-state index in [0.29, 0.717) is 0 Å². The molecule has 19 heavy (non-hydrogen) atoms. The molecule has 1 heterocycles. The van der Waals surface area contributed by atoms with Crippen LogP contribution in [0.2, 0.25) is 0 Å². The van der Waals surface area contributed by atoms with E-state index in [1.54, 1.807) is 14.2 Å². The molecule has 0 radical (unpaired) electrons. The van der Waals surface area contributed by atoms with E-state index >= 15 is 0 Å². The van der Waals surface area contributed by atoms with Gasteiger partial charge in [-0.3, -0.25) is 0 Å². The number of rotatable bonds is 4. The molecular weight excluding hydrogens is 260 g/mol. The molecule has 1 N–H and O–H groups in total. The highest BCUT2D eigenvalue weighted by Crippen LogP contribution is 2.37. The number of ether oxygens (including phenoxy) is 2. The smallest absolute Gasteiger partial charge is 0.129 e. The lowest BCUT2D eigenvalue weighted by Crippen LogP contribution is -2.03. The Kier molecular flexibility index (Phi) is 4.12. The zero-order valence-corrected chi connectivity index (χ0v) is 12.4. The summed E-state index contributed by atoms with van der Waals surface area (Å²) in [6.07, 6.45) is -0.692. The number of benzene rings is 1. The molecule has 0 aliphatic rings. The molecule has 0 bridgehead atoms. The molecule has 0 aliphatic heterocycles. The van der Waals surface area contributed by atoms with Gasteiger partial charge in [-0.2, -0.15) is 0 Å². The summed E-state index contributed by atoms with van der Waals surface area (Å²) in [6, 6.07) is 5.77. The monoisotopic (exact) mass is 278 g/mol. The minimum atomic E-state index is -0.692. The molecule has 2 rings (SSSR count). The van der Waals surface area contributed by atoms with Gasteiger partial charge in [0.2, 0.25) is 0 Å². The molecule has 0 saturated heterocycles. The fourth-order valence-corrected chi connectivity index (χ4v) is 2.89. The normalized spacial score (nSPS) is 12.3. The molecule has 2 aromatic rings. The fourth-order valence-electron chi connectivity index (χ4n) is 2.04. The second-order valence-corrected chi connectivity index (χ2v) is 5.36. The van der Waals surface area contributed by atoms with Gasteiger partial charge in [0, 0.05) is 15.8 Å². The Balaban J connectivity index is 2.43. The van der Waals surface area contributed by atoms with Gasteiger partial charge in [0.05, 0.1) is 14.2 Å². The van der Waals surface area contributed by atoms with E-state index in [0.717, 1.165) is 33.1 Å². The lowest BCUT2D eigenvalue weighted by molar-refractivity contribution is 0.218. The van der Waals surface area contributed by atoms with Crippen LogP contribution in [0.25, 0.3) is 0 Å². The summed E-state index contributed by atoms with van der Waals surface area (Å²) in [5, 5.41) is 12.4. The van der Waals surface area contributed by atoms with Crippen LogP contribution >= 0.6 is 11.3 Å². The molecule has 1 aromatic carbocycles. The maximum atomic E-state index is 10.5. The molecule has 3 nitrogen and oxygen atoms in total. The summed E-state index contributed by atoms with van der Waals surface area (Å²) in [5.74, 6) is 1.52. The molecule has 0 aliphatic carbocycles. The Labute approximate surface area is 117 Å². The van der Waals surface area contributed by atoms with Crippen LogP contribution in [0.15, 0.2) is 23.6 Å². The van der Waals surface area contributed by atoms with Gasteiger partial charge < -0.3 is 14.6 Å². The summed E-state index contributed by atoms with van der Waals surface area (Å²) in [5.41, 5.74) is 2.99. The first-order valence-corrected chi connectivity index (χ1v) is 6.91. The van der Waals surface area contributed by atoms with E-state index in [4.69, 9.17) is 9.47 Å². The molecule has 4 heteroatoms. The molecule has 0 fully saturated rings. The zero-order valence-electron chi connectivity index (χ0n) is 11.6. The molecule has 102 valence electrons. The van der Waals surface area contributed by atoms with Crippen LogP contribution < -0.4 is 9.47 Å². The van der Waals surface area contributed by atoms with Gasteiger partial charge in [-0.15, -0.1) is 11.3 Å². The molecule has 0 amide bonds. The molecule has 1 unspecified atom stereocenters. The van der Waals surface area contributed by atoms with Crippen molar-refractivity contribution in [3.05, 3.63) is 45.1 Å². The minimum absolute atomic E-state index is 0.692. The summed E-state index contributed by atoms with van der Waals surface area (Å²) in [6.45, 7) is 4.03. The van der Waals surface area contributed by atoms with Crippen molar-refractivity contribution in [2.45, 2.75) is 20.0 Å². The standard InChI is InChI=1S/C15H18O3S/c1-9-5-6-12(15(18-4)10(9)2)14(16)13-7-11(17-3)8-19-13/h5-8,14,16H,1-4H3. The summed E-state index contributed by atoms with van der Waals surface area (Å²) in [4.78, 5) is 0.846. The van der Waals surface area contributed by atoms with Crippen LogP contribution in [-0.4, -0.2) is 19.3 Å². The van der Waals surface area contributed by atoms with E-state index in [2.05, 4.69) is 0 Å². The number of aliphatic hydroxyl groups is 1. The van der Waals surface area contributed by atoms with Crippen molar-refractivity contribution in [3.8, 4) is 11.5 Å². The predicted molar refractivity (Wildman–Crippen MR) is 77.4 cm³/mol. The number of hydrogen-bond acceptors (Lipinski definition) is 4. The Morgan fingerprint density at radius 3 is 2.47 bits per heavy atom. The zero-order chi connectivity index (χ0) is 14.0. The van der Waals surface area contributed by atoms with Gasteiger partial charge in [-0.05, 0) is 31.0 Å². The maximum absolute atomic E-state index is 10.5. The van der Waals surface area contributed by atoms with Crippen LogP contribution in [-0.2, 0) is 0 Å². The molecule has 1 atom stereocenters. The van der Waals surface area contributed by atoms with E-state index < -0.39 is 6.10 Å². The number of hydrogen-bond donors (Lipinski definition) is 1. The Hall–Kier alpha value is -1.52. The van der Waals surface area contributed by atoms with Crippen LogP contribution in [0, 0.1) is 13.8 Å². The molecular formula is C15H18O3S. The van der Waals surface area contributed by atoms with E-state index in [-0.39, 0.29) is 0 Å². The minimum Gasteiger partial charge on any atom is -0.496 e. The van der Waals surface area contributed by atoms with Gasteiger partial charge >= 0.3 is 0 Å². The number of methoxy groups -OCH3 is 2. The summed E-state index contributed by atoms with van der Waals surface area (Å²) >= 11 is 1.48. The Morgan fingerprint density at radius 1 is 1.16 bits per heavy atom. The highest BCUT2D eigenvalue weighted by Gasteiger charge is 2.19. The second kappa shape index (κ2) is 5.63. The topological polar surface area (TPSA) is 38.7 Å². The van der Waals surface area contributed by atoms with E-state index in [1.165, 1.54) is 11.3 Å². The van der Waals surface area contributed by atoms with Crippen molar-refractivity contribution in [2.75, 3.05) is 14.2 Å². The first-order chi connectivity index (χ1) is 9.08. The molecule has 0 spiro atoms. The number of aryl methyl sites for hydroxylation is 1. The largest absolute Gasteiger partial charge is 0.496 e. The average Bonchev–Trinajstić information content (AvgIpc) is 2.89. The lowest BCUT2D eigenvalue weighted by Gasteiger charge is -2.17. The van der Waals surface area contributed by atoms with Gasteiger partial charge in [0.25, 0.3) is 0 Å². The Bertz CT molecular complexity index is 575. The van der Waals surface area contributed by atoms with Crippen LogP contribution in [0.1, 0.15) is 27.7 Å². The Morgan fingerprint density at radius 2 is 1.89 bits per heavy atom. The molecule has 0 saturated carbocycles. The van der Waals surface area contributed by atoms with Crippen molar-refractivity contribution in [2.24, 2.45) is 0 Å².